The van der Waals surface area contributed by atoms with Gasteiger partial charge in [0.05, 0.1) is 18.6 Å². The second-order valence-electron chi connectivity index (χ2n) is 8.57. The average Bonchev–Trinajstić information content (AvgIpc) is 3.32. The fourth-order valence-corrected chi connectivity index (χ4v) is 4.52. The molecule has 0 saturated heterocycles. The van der Waals surface area contributed by atoms with E-state index in [-0.39, 0.29) is 13.2 Å². The van der Waals surface area contributed by atoms with Crippen LogP contribution in [0.15, 0.2) is 78.1 Å². The van der Waals surface area contributed by atoms with Gasteiger partial charge in [-0.05, 0) is 59.3 Å². The van der Waals surface area contributed by atoms with Crippen molar-refractivity contribution in [2.45, 2.75) is 18.0 Å². The van der Waals surface area contributed by atoms with Gasteiger partial charge in [-0.3, -0.25) is 9.59 Å². The van der Waals surface area contributed by atoms with Gasteiger partial charge >= 0.3 is 5.97 Å². The van der Waals surface area contributed by atoms with Crippen LogP contribution < -0.4 is 4.74 Å². The number of aryl methyl sites for hydroxylation is 1. The van der Waals surface area contributed by atoms with Crippen LogP contribution >= 0.6 is 11.8 Å². The van der Waals surface area contributed by atoms with E-state index in [9.17, 15) is 23.5 Å². The van der Waals surface area contributed by atoms with Crippen molar-refractivity contribution in [3.05, 3.63) is 102 Å². The smallest absolute Gasteiger partial charge is 0.323 e. The summed E-state index contributed by atoms with van der Waals surface area (Å²) in [6, 6.07) is 16.2. The lowest BCUT2D eigenvalue weighted by Gasteiger charge is -2.20. The van der Waals surface area contributed by atoms with Gasteiger partial charge < -0.3 is 19.3 Å². The van der Waals surface area contributed by atoms with Gasteiger partial charge in [0.2, 0.25) is 0 Å². The first-order valence-electron chi connectivity index (χ1n) is 11.6. The molecule has 1 N–H and O–H groups in total. The van der Waals surface area contributed by atoms with E-state index in [4.69, 9.17) is 4.74 Å². The van der Waals surface area contributed by atoms with Gasteiger partial charge in [-0.15, -0.1) is 11.8 Å². The lowest BCUT2D eigenvalue weighted by molar-refractivity contribution is -0.137. The second-order valence-corrected chi connectivity index (χ2v) is 9.41. The maximum absolute atomic E-state index is 13.8. The van der Waals surface area contributed by atoms with E-state index in [0.29, 0.717) is 27.5 Å². The Balaban J connectivity index is 1.45. The minimum atomic E-state index is -1.12. The van der Waals surface area contributed by atoms with E-state index >= 15 is 0 Å². The van der Waals surface area contributed by atoms with Gasteiger partial charge in [0, 0.05) is 23.7 Å². The molecule has 1 aromatic heterocycles. The molecule has 4 rings (SSSR count). The molecule has 0 aliphatic heterocycles. The molecule has 1 amide bonds. The van der Waals surface area contributed by atoms with Crippen LogP contribution in [-0.4, -0.2) is 44.2 Å². The van der Waals surface area contributed by atoms with Crippen molar-refractivity contribution in [2.24, 2.45) is 7.05 Å². The SMILES string of the molecule is CSc1cc(F)c(F)cc1-c1ccc(OCc2cccc(C(=O)N(CC(=O)O)Cc3cn(C)cn3)c2)cc1. The summed E-state index contributed by atoms with van der Waals surface area (Å²) in [5.41, 5.74) is 2.95. The number of halogens is 2. The summed E-state index contributed by atoms with van der Waals surface area (Å²) in [6.07, 6.45) is 5.11. The number of hydrogen-bond donors (Lipinski definition) is 1. The van der Waals surface area contributed by atoms with E-state index in [1.807, 2.05) is 0 Å². The maximum atomic E-state index is 13.8. The number of imidazole rings is 1. The molecule has 196 valence electrons. The molecule has 0 unspecified atom stereocenters. The number of amides is 1. The highest BCUT2D eigenvalue weighted by atomic mass is 32.2. The largest absolute Gasteiger partial charge is 0.489 e. The molecule has 10 heteroatoms. The zero-order valence-corrected chi connectivity index (χ0v) is 21.5. The van der Waals surface area contributed by atoms with Gasteiger partial charge in [-0.25, -0.2) is 13.8 Å². The molecule has 7 nitrogen and oxygen atoms in total. The number of benzene rings is 3. The molecule has 0 saturated carbocycles. The molecular weight excluding hydrogens is 512 g/mol. The average molecular weight is 538 g/mol. The maximum Gasteiger partial charge on any atom is 0.323 e. The Morgan fingerprint density at radius 1 is 1.08 bits per heavy atom. The fraction of sp³-hybridized carbons (Fsp3) is 0.179. The number of hydrogen-bond acceptors (Lipinski definition) is 5. The normalized spacial score (nSPS) is 10.8. The summed E-state index contributed by atoms with van der Waals surface area (Å²) in [6.45, 7) is -0.227. The van der Waals surface area contributed by atoms with Crippen molar-refractivity contribution in [3.63, 3.8) is 0 Å². The minimum Gasteiger partial charge on any atom is -0.489 e. The number of ether oxygens (including phenoxy) is 1. The number of thioether (sulfide) groups is 1. The van der Waals surface area contributed by atoms with E-state index in [2.05, 4.69) is 4.98 Å². The number of carbonyl (C=O) groups is 2. The lowest BCUT2D eigenvalue weighted by atomic mass is 10.1. The molecular formula is C28H25F2N3O4S. The molecule has 0 aliphatic rings. The number of carboxylic acid groups (broad SMARTS) is 1. The molecule has 0 bridgehead atoms. The number of carboxylic acids is 1. The summed E-state index contributed by atoms with van der Waals surface area (Å²) < 4.78 is 35.0. The van der Waals surface area contributed by atoms with Crippen molar-refractivity contribution >= 4 is 23.6 Å². The third kappa shape index (κ3) is 6.57. The first kappa shape index (κ1) is 26.9. The first-order chi connectivity index (χ1) is 18.2. The van der Waals surface area contributed by atoms with Crippen LogP contribution in [0.25, 0.3) is 11.1 Å². The third-order valence-corrected chi connectivity index (χ3v) is 6.49. The monoisotopic (exact) mass is 537 g/mol. The van der Waals surface area contributed by atoms with Crippen LogP contribution in [0.5, 0.6) is 5.75 Å². The van der Waals surface area contributed by atoms with Gasteiger partial charge in [-0.1, -0.05) is 24.3 Å². The second kappa shape index (κ2) is 11.9. The van der Waals surface area contributed by atoms with E-state index in [1.165, 1.54) is 28.8 Å². The van der Waals surface area contributed by atoms with Gasteiger partial charge in [0.25, 0.3) is 5.91 Å². The molecule has 0 aliphatic carbocycles. The van der Waals surface area contributed by atoms with Gasteiger partial charge in [-0.2, -0.15) is 0 Å². The zero-order valence-electron chi connectivity index (χ0n) is 20.7. The van der Waals surface area contributed by atoms with Crippen LogP contribution in [0.3, 0.4) is 0 Å². The first-order valence-corrected chi connectivity index (χ1v) is 12.8. The van der Waals surface area contributed by atoms with Crippen molar-refractivity contribution in [2.75, 3.05) is 12.8 Å². The number of carbonyl (C=O) groups excluding carboxylic acids is 1. The molecule has 38 heavy (non-hydrogen) atoms. The molecule has 0 fully saturated rings. The Morgan fingerprint density at radius 3 is 2.47 bits per heavy atom. The zero-order chi connectivity index (χ0) is 27.2. The fourth-order valence-electron chi connectivity index (χ4n) is 3.90. The van der Waals surface area contributed by atoms with Crippen molar-refractivity contribution in [1.29, 1.82) is 0 Å². The van der Waals surface area contributed by atoms with E-state index in [1.54, 1.807) is 78.9 Å². The highest BCUT2D eigenvalue weighted by Crippen LogP contribution is 2.33. The van der Waals surface area contributed by atoms with E-state index < -0.39 is 30.1 Å². The third-order valence-electron chi connectivity index (χ3n) is 5.71. The van der Waals surface area contributed by atoms with E-state index in [0.717, 1.165) is 11.1 Å². The Bertz CT molecular complexity index is 1460. The highest BCUT2D eigenvalue weighted by molar-refractivity contribution is 7.98. The number of rotatable bonds is 10. The van der Waals surface area contributed by atoms with Crippen LogP contribution in [-0.2, 0) is 25.0 Å². The lowest BCUT2D eigenvalue weighted by Crippen LogP contribution is -2.35. The molecule has 0 atom stereocenters. The number of aromatic nitrogens is 2. The summed E-state index contributed by atoms with van der Waals surface area (Å²) in [5, 5.41) is 9.30. The number of aliphatic carboxylic acids is 1. The standard InChI is InChI=1S/C28H25F2N3O4S/c1-32-13-21(31-17-32)14-33(15-27(34)35)28(36)20-5-3-4-18(10-20)16-37-22-8-6-19(7-9-22)23-11-24(29)25(30)12-26(23)38-2/h3-13,17H,14-16H2,1-2H3,(H,34,35). The van der Waals surface area contributed by atoms with Crippen LogP contribution in [0.4, 0.5) is 8.78 Å². The quantitative estimate of drug-likeness (QED) is 0.273. The van der Waals surface area contributed by atoms with Gasteiger partial charge in [0.15, 0.2) is 11.6 Å². The molecule has 3 aromatic carbocycles. The number of nitrogens with zero attached hydrogens (tertiary/aromatic N) is 3. The molecule has 1 heterocycles. The predicted octanol–water partition coefficient (Wildman–Crippen LogP) is 5.39. The molecule has 0 radical (unpaired) electrons. The molecule has 0 spiro atoms. The van der Waals surface area contributed by atoms with Crippen LogP contribution in [0.1, 0.15) is 21.6 Å². The van der Waals surface area contributed by atoms with Crippen molar-refractivity contribution < 1.29 is 28.2 Å². The summed E-state index contributed by atoms with van der Waals surface area (Å²) in [7, 11) is 1.79. The Hall–Kier alpha value is -4.18. The van der Waals surface area contributed by atoms with Crippen LogP contribution in [0, 0.1) is 11.6 Å². The minimum absolute atomic E-state index is 0.0647. The Kier molecular flexibility index (Phi) is 8.42. The topological polar surface area (TPSA) is 84.7 Å². The van der Waals surface area contributed by atoms with Crippen LogP contribution in [0.2, 0.25) is 0 Å². The Labute approximate surface area is 222 Å². The van der Waals surface area contributed by atoms with Crippen molar-refractivity contribution in [1.82, 2.24) is 14.5 Å². The Morgan fingerprint density at radius 2 is 1.82 bits per heavy atom. The van der Waals surface area contributed by atoms with Crippen molar-refractivity contribution in [3.8, 4) is 16.9 Å². The summed E-state index contributed by atoms with van der Waals surface area (Å²) in [4.78, 5) is 30.5. The molecule has 4 aromatic rings. The van der Waals surface area contributed by atoms with Gasteiger partial charge in [0.1, 0.15) is 18.9 Å². The predicted molar refractivity (Wildman–Crippen MR) is 140 cm³/mol. The summed E-state index contributed by atoms with van der Waals surface area (Å²) >= 11 is 1.33. The summed E-state index contributed by atoms with van der Waals surface area (Å²) in [5.74, 6) is -2.79. The highest BCUT2D eigenvalue weighted by Gasteiger charge is 2.20.